The summed E-state index contributed by atoms with van der Waals surface area (Å²) in [7, 11) is 3.30. The third-order valence-electron chi connectivity index (χ3n) is 9.29. The normalized spacial score (nSPS) is 13.7. The fourth-order valence-electron chi connectivity index (χ4n) is 6.26. The van der Waals surface area contributed by atoms with Crippen LogP contribution in [0.3, 0.4) is 0 Å². The minimum Gasteiger partial charge on any atom is -0.493 e. The van der Waals surface area contributed by atoms with E-state index in [1.165, 1.54) is 16.9 Å². The molecule has 0 aliphatic carbocycles. The number of morpholine rings is 1. The second-order valence-electron chi connectivity index (χ2n) is 12.7. The summed E-state index contributed by atoms with van der Waals surface area (Å²) >= 11 is 3.04. The van der Waals surface area contributed by atoms with Crippen molar-refractivity contribution >= 4 is 48.9 Å². The number of rotatable bonds is 15. The van der Waals surface area contributed by atoms with Crippen LogP contribution >= 0.6 is 22.7 Å². The molecule has 6 aromatic rings. The van der Waals surface area contributed by atoms with Gasteiger partial charge in [-0.25, -0.2) is 9.97 Å². The summed E-state index contributed by atoms with van der Waals surface area (Å²) in [5.41, 5.74) is 4.21. The van der Waals surface area contributed by atoms with Crippen LogP contribution in [0, 0.1) is 0 Å². The van der Waals surface area contributed by atoms with Gasteiger partial charge in [0.2, 0.25) is 0 Å². The lowest BCUT2D eigenvalue weighted by Crippen LogP contribution is -2.43. The van der Waals surface area contributed by atoms with Crippen molar-refractivity contribution in [1.29, 1.82) is 0 Å². The van der Waals surface area contributed by atoms with Crippen molar-refractivity contribution in [2.24, 2.45) is 0 Å². The van der Waals surface area contributed by atoms with Crippen molar-refractivity contribution in [3.63, 3.8) is 0 Å². The first-order valence-electron chi connectivity index (χ1n) is 18.2. The molecule has 1 saturated heterocycles. The highest BCUT2D eigenvalue weighted by Gasteiger charge is 2.20. The third-order valence-corrected chi connectivity index (χ3v) is 11.1. The van der Waals surface area contributed by atoms with Gasteiger partial charge in [0.15, 0.2) is 23.0 Å². The molecule has 0 spiro atoms. The van der Waals surface area contributed by atoms with Gasteiger partial charge in [0, 0.05) is 32.0 Å². The van der Waals surface area contributed by atoms with Crippen LogP contribution in [0.15, 0.2) is 84.9 Å². The number of nitrogens with zero attached hydrogens (tertiary/aromatic N) is 3. The SMILES string of the molecule is CCC(=O)CCc1ccc(Oc2nc3ccccc3s2)c(OC)c1.CCC(CCc1ccc(Oc2nc3ccccc3s2)c(OC)c1)N1CCOCC1. The van der Waals surface area contributed by atoms with Crippen LogP contribution in [0.2, 0.25) is 0 Å². The number of hydrogen-bond acceptors (Lipinski definition) is 11. The standard InChI is InChI=1S/C23H28N2O3S.C19H19NO3S/c1-3-18(25-12-14-27-15-13-25)10-8-17-9-11-20(21(16-17)26-2)28-23-24-19-6-4-5-7-22(19)29-23;1-3-14(21)10-8-13-9-11-16(17(12-13)22-2)23-19-20-15-6-4-5-7-18(15)24-19/h4-7,9,11,16,18H,3,8,10,12-15H2,1-2H3;4-7,9,11-12H,3,8,10H2,1-2H3. The summed E-state index contributed by atoms with van der Waals surface area (Å²) in [6, 6.07) is 28.6. The van der Waals surface area contributed by atoms with E-state index in [2.05, 4.69) is 40.0 Å². The molecule has 0 saturated carbocycles. The van der Waals surface area contributed by atoms with Crippen LogP contribution < -0.4 is 18.9 Å². The van der Waals surface area contributed by atoms with Gasteiger partial charge in [-0.2, -0.15) is 0 Å². The Morgan fingerprint density at radius 3 is 1.75 bits per heavy atom. The number of ketones is 1. The molecule has 1 aliphatic rings. The molecular weight excluding hydrogens is 707 g/mol. The molecule has 0 amide bonds. The van der Waals surface area contributed by atoms with E-state index >= 15 is 0 Å². The number of aryl methyl sites for hydroxylation is 2. The second-order valence-corrected chi connectivity index (χ2v) is 14.7. The van der Waals surface area contributed by atoms with Crippen molar-refractivity contribution < 1.29 is 28.5 Å². The lowest BCUT2D eigenvalue weighted by Gasteiger charge is -2.34. The number of para-hydroxylation sites is 2. The highest BCUT2D eigenvalue weighted by atomic mass is 32.1. The largest absolute Gasteiger partial charge is 0.493 e. The van der Waals surface area contributed by atoms with E-state index in [0.717, 1.165) is 77.3 Å². The highest BCUT2D eigenvalue weighted by Crippen LogP contribution is 2.38. The molecule has 2 aromatic heterocycles. The third kappa shape index (κ3) is 10.3. The summed E-state index contributed by atoms with van der Waals surface area (Å²) in [4.78, 5) is 23.1. The molecule has 3 heterocycles. The number of methoxy groups -OCH3 is 2. The molecule has 0 radical (unpaired) electrons. The van der Waals surface area contributed by atoms with E-state index in [9.17, 15) is 4.79 Å². The molecule has 4 aromatic carbocycles. The van der Waals surface area contributed by atoms with Crippen LogP contribution in [0.25, 0.3) is 20.4 Å². The number of aromatic nitrogens is 2. The minimum absolute atomic E-state index is 0.267. The molecule has 1 atom stereocenters. The summed E-state index contributed by atoms with van der Waals surface area (Å²) in [6.45, 7) is 7.94. The smallest absolute Gasteiger partial charge is 0.279 e. The molecular formula is C42H47N3O6S2. The van der Waals surface area contributed by atoms with Crippen molar-refractivity contribution in [2.45, 2.75) is 58.4 Å². The average Bonchev–Trinajstić information content (AvgIpc) is 3.82. The molecule has 7 rings (SSSR count). The van der Waals surface area contributed by atoms with Gasteiger partial charge < -0.3 is 23.7 Å². The molecule has 11 heteroatoms. The molecule has 53 heavy (non-hydrogen) atoms. The summed E-state index contributed by atoms with van der Waals surface area (Å²) in [5, 5.41) is 1.22. The number of fused-ring (bicyclic) bond motifs is 2. The van der Waals surface area contributed by atoms with Gasteiger partial charge in [-0.1, -0.05) is 72.9 Å². The Kier molecular flexibility index (Phi) is 13.7. The predicted octanol–water partition coefficient (Wildman–Crippen LogP) is 10.1. The molecule has 1 aliphatic heterocycles. The number of Topliss-reactive ketones (excluding diaryl/α,β-unsaturated/α-hetero) is 1. The van der Waals surface area contributed by atoms with Crippen LogP contribution in [0.1, 0.15) is 50.7 Å². The van der Waals surface area contributed by atoms with Crippen LogP contribution in [-0.2, 0) is 22.4 Å². The summed E-state index contributed by atoms with van der Waals surface area (Å²) in [6.07, 6.45) is 5.17. The van der Waals surface area contributed by atoms with Crippen LogP contribution in [-0.4, -0.2) is 67.2 Å². The molecule has 0 bridgehead atoms. The Labute approximate surface area is 319 Å². The van der Waals surface area contributed by atoms with Gasteiger partial charge in [-0.15, -0.1) is 0 Å². The summed E-state index contributed by atoms with van der Waals surface area (Å²) in [5.74, 6) is 3.00. The maximum atomic E-state index is 11.5. The zero-order valence-electron chi connectivity index (χ0n) is 30.8. The fourth-order valence-corrected chi connectivity index (χ4v) is 7.92. The zero-order chi connectivity index (χ0) is 37.0. The van der Waals surface area contributed by atoms with Gasteiger partial charge >= 0.3 is 0 Å². The van der Waals surface area contributed by atoms with Crippen molar-refractivity contribution in [3.8, 4) is 33.4 Å². The fraction of sp³-hybridized carbons (Fsp3) is 0.357. The highest BCUT2D eigenvalue weighted by molar-refractivity contribution is 7.20. The Morgan fingerprint density at radius 1 is 0.736 bits per heavy atom. The van der Waals surface area contributed by atoms with Crippen LogP contribution in [0.4, 0.5) is 0 Å². The van der Waals surface area contributed by atoms with Gasteiger partial charge in [0.1, 0.15) is 5.78 Å². The van der Waals surface area contributed by atoms with Gasteiger partial charge in [-0.05, 0) is 85.3 Å². The van der Waals surface area contributed by atoms with Crippen molar-refractivity contribution in [1.82, 2.24) is 14.9 Å². The predicted molar refractivity (Wildman–Crippen MR) is 214 cm³/mol. The number of ether oxygens (including phenoxy) is 5. The van der Waals surface area contributed by atoms with Gasteiger partial charge in [0.05, 0.1) is 47.9 Å². The van der Waals surface area contributed by atoms with Gasteiger partial charge in [0.25, 0.3) is 10.4 Å². The monoisotopic (exact) mass is 753 g/mol. The zero-order valence-corrected chi connectivity index (χ0v) is 32.5. The molecule has 1 fully saturated rings. The number of benzene rings is 4. The van der Waals surface area contributed by atoms with E-state index in [1.54, 1.807) is 25.6 Å². The molecule has 9 nitrogen and oxygen atoms in total. The van der Waals surface area contributed by atoms with E-state index in [-0.39, 0.29) is 5.78 Å². The molecule has 278 valence electrons. The topological polar surface area (TPSA) is 92.2 Å². The van der Waals surface area contributed by atoms with E-state index in [4.69, 9.17) is 23.7 Å². The first-order valence-corrected chi connectivity index (χ1v) is 19.8. The first kappa shape index (κ1) is 38.2. The molecule has 1 unspecified atom stereocenters. The quantitative estimate of drug-likeness (QED) is 0.102. The Morgan fingerprint density at radius 2 is 1.26 bits per heavy atom. The number of thiazole rings is 2. The van der Waals surface area contributed by atoms with Crippen molar-refractivity contribution in [3.05, 3.63) is 96.1 Å². The maximum absolute atomic E-state index is 11.5. The Bertz CT molecular complexity index is 2020. The van der Waals surface area contributed by atoms with Gasteiger partial charge in [-0.3, -0.25) is 9.69 Å². The van der Waals surface area contributed by atoms with Crippen LogP contribution in [0.5, 0.6) is 33.4 Å². The minimum atomic E-state index is 0.267. The number of carbonyl (C=O) groups is 1. The number of carbonyl (C=O) groups excluding carboxylic acids is 1. The van der Waals surface area contributed by atoms with E-state index in [0.29, 0.717) is 52.9 Å². The average molecular weight is 754 g/mol. The molecule has 0 N–H and O–H groups in total. The van der Waals surface area contributed by atoms with E-state index < -0.39 is 0 Å². The first-order chi connectivity index (χ1) is 26.0. The Hall–Kier alpha value is -4.55. The van der Waals surface area contributed by atoms with Crippen molar-refractivity contribution in [2.75, 3.05) is 40.5 Å². The Balaban J connectivity index is 0.000000185. The second kappa shape index (κ2) is 19.0. The number of hydrogen-bond donors (Lipinski definition) is 0. The maximum Gasteiger partial charge on any atom is 0.279 e. The lowest BCUT2D eigenvalue weighted by atomic mass is 10.0. The van der Waals surface area contributed by atoms with E-state index in [1.807, 2.05) is 73.7 Å². The summed E-state index contributed by atoms with van der Waals surface area (Å²) < 4.78 is 30.7. The lowest BCUT2D eigenvalue weighted by molar-refractivity contribution is -0.118.